The number of carbonyl (C=O) groups is 1. The molecule has 0 saturated heterocycles. The van der Waals surface area contributed by atoms with Gasteiger partial charge >= 0.3 is 6.03 Å². The maximum atomic E-state index is 12.5. The maximum Gasteiger partial charge on any atom is 0.328 e. The van der Waals surface area contributed by atoms with Gasteiger partial charge in [-0.1, -0.05) is 25.1 Å². The van der Waals surface area contributed by atoms with Gasteiger partial charge in [-0.15, -0.1) is 0 Å². The third kappa shape index (κ3) is 2.73. The van der Waals surface area contributed by atoms with E-state index < -0.39 is 0 Å². The zero-order chi connectivity index (χ0) is 15.4. The topological polar surface area (TPSA) is 86.8 Å². The van der Waals surface area contributed by atoms with Gasteiger partial charge in [0.05, 0.1) is 17.3 Å². The number of aromatic amines is 1. The van der Waals surface area contributed by atoms with Gasteiger partial charge in [0.25, 0.3) is 0 Å². The third-order valence-corrected chi connectivity index (χ3v) is 3.12. The maximum absolute atomic E-state index is 12.5. The fourth-order valence-electron chi connectivity index (χ4n) is 2.05. The summed E-state index contributed by atoms with van der Waals surface area (Å²) in [5.74, 6) is 0.302. The van der Waals surface area contributed by atoms with Crippen molar-refractivity contribution in [3.05, 3.63) is 42.7 Å². The Morgan fingerprint density at radius 2 is 2.09 bits per heavy atom. The summed E-state index contributed by atoms with van der Waals surface area (Å²) in [5, 5.41) is 10.4. The van der Waals surface area contributed by atoms with Gasteiger partial charge in [-0.3, -0.25) is 5.10 Å². The predicted octanol–water partition coefficient (Wildman–Crippen LogP) is 2.61. The lowest BCUT2D eigenvalue weighted by Crippen LogP contribution is -2.38. The number of amides is 2. The number of nitrogens with zero attached hydrogens (tertiary/aromatic N) is 4. The smallest absolute Gasteiger partial charge is 0.328 e. The number of aromatic nitrogens is 4. The molecule has 0 radical (unpaired) electrons. The summed E-state index contributed by atoms with van der Waals surface area (Å²) in [6.45, 7) is 2.59. The molecule has 0 bridgehead atoms. The number of carbonyl (C=O) groups excluding carboxylic acids is 1. The molecule has 2 amide bonds. The van der Waals surface area contributed by atoms with Crippen molar-refractivity contribution in [3.8, 4) is 0 Å². The van der Waals surface area contributed by atoms with Crippen molar-refractivity contribution in [2.45, 2.75) is 13.3 Å². The van der Waals surface area contributed by atoms with Crippen molar-refractivity contribution in [3.63, 3.8) is 0 Å². The second-order valence-corrected chi connectivity index (χ2v) is 4.75. The second kappa shape index (κ2) is 6.21. The lowest BCUT2D eigenvalue weighted by Gasteiger charge is -2.21. The van der Waals surface area contributed by atoms with E-state index in [9.17, 15) is 4.79 Å². The average Bonchev–Trinajstić information content (AvgIpc) is 3.02. The molecule has 0 unspecified atom stereocenters. The van der Waals surface area contributed by atoms with Gasteiger partial charge in [0, 0.05) is 12.7 Å². The largest absolute Gasteiger partial charge is 0.337 e. The lowest BCUT2D eigenvalue weighted by molar-refractivity contribution is 0.248. The highest BCUT2D eigenvalue weighted by Crippen LogP contribution is 2.22. The van der Waals surface area contributed by atoms with E-state index in [-0.39, 0.29) is 6.03 Å². The monoisotopic (exact) mass is 296 g/mol. The SMILES string of the molecule is CCCNC(=O)N(c1ccccc1)c1ncc2cn[nH]c2n1. The van der Waals surface area contributed by atoms with Crippen LogP contribution in [0.4, 0.5) is 16.4 Å². The Morgan fingerprint density at radius 3 is 2.86 bits per heavy atom. The molecule has 0 aliphatic carbocycles. The van der Waals surface area contributed by atoms with Crippen molar-refractivity contribution in [1.29, 1.82) is 0 Å². The first-order chi connectivity index (χ1) is 10.8. The van der Waals surface area contributed by atoms with Crippen LogP contribution in [0.2, 0.25) is 0 Å². The molecule has 112 valence electrons. The zero-order valence-electron chi connectivity index (χ0n) is 12.2. The molecule has 7 heteroatoms. The molecule has 7 nitrogen and oxygen atoms in total. The van der Waals surface area contributed by atoms with Gasteiger partial charge < -0.3 is 5.32 Å². The summed E-state index contributed by atoms with van der Waals surface area (Å²) in [5.41, 5.74) is 1.30. The number of rotatable bonds is 4. The minimum absolute atomic E-state index is 0.257. The molecule has 0 fully saturated rings. The van der Waals surface area contributed by atoms with Crippen molar-refractivity contribution in [2.24, 2.45) is 0 Å². The van der Waals surface area contributed by atoms with E-state index >= 15 is 0 Å². The molecule has 2 aromatic heterocycles. The first-order valence-corrected chi connectivity index (χ1v) is 7.08. The molecule has 1 aromatic carbocycles. The first-order valence-electron chi connectivity index (χ1n) is 7.08. The van der Waals surface area contributed by atoms with Gasteiger partial charge in [0.1, 0.15) is 0 Å². The number of fused-ring (bicyclic) bond motifs is 1. The van der Waals surface area contributed by atoms with Crippen LogP contribution in [-0.4, -0.2) is 32.7 Å². The van der Waals surface area contributed by atoms with Crippen LogP contribution in [-0.2, 0) is 0 Å². The highest BCUT2D eigenvalue weighted by Gasteiger charge is 2.20. The number of urea groups is 1. The quantitative estimate of drug-likeness (QED) is 0.774. The van der Waals surface area contributed by atoms with Gasteiger partial charge in [-0.05, 0) is 18.6 Å². The molecule has 3 rings (SSSR count). The lowest BCUT2D eigenvalue weighted by atomic mass is 10.3. The molecule has 2 N–H and O–H groups in total. The van der Waals surface area contributed by atoms with Gasteiger partial charge in [0.15, 0.2) is 5.65 Å². The summed E-state index contributed by atoms with van der Waals surface area (Å²) < 4.78 is 0. The number of anilines is 2. The molecule has 0 aliphatic heterocycles. The molecule has 0 saturated carbocycles. The summed E-state index contributed by atoms with van der Waals surface area (Å²) >= 11 is 0. The van der Waals surface area contributed by atoms with Crippen LogP contribution in [0.15, 0.2) is 42.7 Å². The standard InChI is InChI=1S/C15H16N6O/c1-2-8-16-15(22)21(12-6-4-3-5-7-12)14-17-9-11-10-18-20-13(11)19-14/h3-7,9-10H,2,8H2,1H3,(H,16,22)(H,17,18,19,20). The number of para-hydroxylation sites is 1. The molecule has 2 heterocycles. The van der Waals surface area contributed by atoms with Crippen LogP contribution in [0.3, 0.4) is 0 Å². The fraction of sp³-hybridized carbons (Fsp3) is 0.200. The van der Waals surface area contributed by atoms with Crippen LogP contribution in [0.5, 0.6) is 0 Å². The molecular weight excluding hydrogens is 280 g/mol. The molecular formula is C15H16N6O. The Labute approximate surface area is 127 Å². The summed E-state index contributed by atoms with van der Waals surface area (Å²) in [7, 11) is 0. The summed E-state index contributed by atoms with van der Waals surface area (Å²) in [6, 6.07) is 9.05. The predicted molar refractivity (Wildman–Crippen MR) is 84.0 cm³/mol. The minimum atomic E-state index is -0.257. The Kier molecular flexibility index (Phi) is 3.95. The number of hydrogen-bond donors (Lipinski definition) is 2. The van der Waals surface area contributed by atoms with E-state index in [1.54, 1.807) is 12.4 Å². The number of hydrogen-bond acceptors (Lipinski definition) is 4. The van der Waals surface area contributed by atoms with Gasteiger partial charge in [-0.25, -0.2) is 14.7 Å². The van der Waals surface area contributed by atoms with Crippen LogP contribution >= 0.6 is 0 Å². The zero-order valence-corrected chi connectivity index (χ0v) is 12.2. The van der Waals surface area contributed by atoms with E-state index in [1.165, 1.54) is 4.90 Å². The Hall–Kier alpha value is -2.96. The Balaban J connectivity index is 2.01. The van der Waals surface area contributed by atoms with Crippen LogP contribution in [0.1, 0.15) is 13.3 Å². The molecule has 0 aliphatic rings. The Morgan fingerprint density at radius 1 is 1.27 bits per heavy atom. The van der Waals surface area contributed by atoms with Crippen molar-refractivity contribution < 1.29 is 4.79 Å². The molecule has 22 heavy (non-hydrogen) atoms. The van der Waals surface area contributed by atoms with E-state index in [1.807, 2.05) is 37.3 Å². The average molecular weight is 296 g/mol. The van der Waals surface area contributed by atoms with Gasteiger partial charge in [-0.2, -0.15) is 10.1 Å². The minimum Gasteiger partial charge on any atom is -0.337 e. The van der Waals surface area contributed by atoms with Crippen molar-refractivity contribution >= 4 is 28.7 Å². The normalized spacial score (nSPS) is 10.6. The van der Waals surface area contributed by atoms with Gasteiger partial charge in [0.2, 0.25) is 5.95 Å². The molecule has 3 aromatic rings. The second-order valence-electron chi connectivity index (χ2n) is 4.75. The van der Waals surface area contributed by atoms with E-state index in [4.69, 9.17) is 0 Å². The van der Waals surface area contributed by atoms with Crippen LogP contribution < -0.4 is 10.2 Å². The summed E-state index contributed by atoms with van der Waals surface area (Å²) in [6.07, 6.45) is 4.14. The van der Waals surface area contributed by atoms with E-state index in [0.29, 0.717) is 23.8 Å². The van der Waals surface area contributed by atoms with Crippen molar-refractivity contribution in [2.75, 3.05) is 11.4 Å². The van der Waals surface area contributed by atoms with E-state index in [2.05, 4.69) is 25.5 Å². The molecule has 0 atom stereocenters. The molecule has 0 spiro atoms. The first kappa shape index (κ1) is 14.0. The van der Waals surface area contributed by atoms with Crippen molar-refractivity contribution in [1.82, 2.24) is 25.5 Å². The summed E-state index contributed by atoms with van der Waals surface area (Å²) in [4.78, 5) is 22.6. The highest BCUT2D eigenvalue weighted by molar-refractivity contribution is 5.98. The van der Waals surface area contributed by atoms with E-state index in [0.717, 1.165) is 11.8 Å². The number of nitrogens with one attached hydrogen (secondary N) is 2. The fourth-order valence-corrected chi connectivity index (χ4v) is 2.05. The third-order valence-electron chi connectivity index (χ3n) is 3.12. The van der Waals surface area contributed by atoms with Crippen LogP contribution in [0.25, 0.3) is 11.0 Å². The number of H-pyrrole nitrogens is 1. The highest BCUT2D eigenvalue weighted by atomic mass is 16.2. The Bertz CT molecular complexity index is 770. The van der Waals surface area contributed by atoms with Crippen LogP contribution in [0, 0.1) is 0 Å². The number of benzene rings is 1.